The molecule has 0 amide bonds. The first-order valence-corrected chi connectivity index (χ1v) is 7.14. The Morgan fingerprint density at radius 2 is 2.19 bits per heavy atom. The van der Waals surface area contributed by atoms with Crippen LogP contribution >= 0.6 is 22.9 Å². The summed E-state index contributed by atoms with van der Waals surface area (Å²) < 4.78 is 5.33. The lowest BCUT2D eigenvalue weighted by molar-refractivity contribution is 0.122. The third-order valence-corrected chi connectivity index (χ3v) is 3.86. The SMILES string of the molecule is ClCCCCc1csc(N2CCOCC2)n1. The zero-order valence-electron chi connectivity index (χ0n) is 9.32. The topological polar surface area (TPSA) is 25.4 Å². The minimum Gasteiger partial charge on any atom is -0.378 e. The van der Waals surface area contributed by atoms with Crippen LogP contribution in [0.5, 0.6) is 0 Å². The summed E-state index contributed by atoms with van der Waals surface area (Å²) in [5.41, 5.74) is 1.21. The smallest absolute Gasteiger partial charge is 0.185 e. The fourth-order valence-corrected chi connectivity index (χ4v) is 2.81. The monoisotopic (exact) mass is 260 g/mol. The van der Waals surface area contributed by atoms with Crippen molar-refractivity contribution in [3.05, 3.63) is 11.1 Å². The number of morpholine rings is 1. The first-order valence-electron chi connectivity index (χ1n) is 5.73. The number of halogens is 1. The van der Waals surface area contributed by atoms with E-state index in [1.165, 1.54) is 5.69 Å². The summed E-state index contributed by atoms with van der Waals surface area (Å²) in [5, 5.41) is 3.31. The third-order valence-electron chi connectivity index (χ3n) is 2.64. The summed E-state index contributed by atoms with van der Waals surface area (Å²) in [5.74, 6) is 0.750. The zero-order chi connectivity index (χ0) is 11.2. The van der Waals surface area contributed by atoms with Crippen molar-refractivity contribution in [2.24, 2.45) is 0 Å². The molecule has 0 atom stereocenters. The average Bonchev–Trinajstić information content (AvgIpc) is 2.79. The van der Waals surface area contributed by atoms with Crippen molar-refractivity contribution in [1.29, 1.82) is 0 Å². The summed E-state index contributed by atoms with van der Waals surface area (Å²) in [6.45, 7) is 3.57. The van der Waals surface area contributed by atoms with E-state index in [1.54, 1.807) is 11.3 Å². The van der Waals surface area contributed by atoms with Crippen LogP contribution in [-0.2, 0) is 11.2 Å². The average molecular weight is 261 g/mol. The number of unbranched alkanes of at least 4 members (excludes halogenated alkanes) is 1. The van der Waals surface area contributed by atoms with E-state index < -0.39 is 0 Å². The molecule has 0 unspecified atom stereocenters. The highest BCUT2D eigenvalue weighted by Crippen LogP contribution is 2.22. The van der Waals surface area contributed by atoms with Gasteiger partial charge in [-0.2, -0.15) is 0 Å². The van der Waals surface area contributed by atoms with E-state index >= 15 is 0 Å². The van der Waals surface area contributed by atoms with Crippen LogP contribution in [0.25, 0.3) is 0 Å². The fourth-order valence-electron chi connectivity index (χ4n) is 1.71. The van der Waals surface area contributed by atoms with Crippen molar-refractivity contribution in [2.75, 3.05) is 37.1 Å². The highest BCUT2D eigenvalue weighted by molar-refractivity contribution is 7.13. The lowest BCUT2D eigenvalue weighted by atomic mass is 10.2. The summed E-state index contributed by atoms with van der Waals surface area (Å²) in [6.07, 6.45) is 3.26. The zero-order valence-corrected chi connectivity index (χ0v) is 10.9. The number of anilines is 1. The second-order valence-electron chi connectivity index (χ2n) is 3.87. The molecule has 0 aliphatic carbocycles. The molecule has 0 radical (unpaired) electrons. The van der Waals surface area contributed by atoms with E-state index in [0.717, 1.165) is 56.6 Å². The number of thiazole rings is 1. The summed E-state index contributed by atoms with van der Waals surface area (Å²) >= 11 is 7.40. The largest absolute Gasteiger partial charge is 0.378 e. The molecule has 1 saturated heterocycles. The molecule has 2 heterocycles. The maximum absolute atomic E-state index is 5.65. The number of aryl methyl sites for hydroxylation is 1. The third kappa shape index (κ3) is 3.34. The molecular weight excluding hydrogens is 244 g/mol. The van der Waals surface area contributed by atoms with Gasteiger partial charge in [0.05, 0.1) is 18.9 Å². The van der Waals surface area contributed by atoms with Gasteiger partial charge < -0.3 is 9.64 Å². The van der Waals surface area contributed by atoms with Gasteiger partial charge in [0.25, 0.3) is 0 Å². The first kappa shape index (κ1) is 12.1. The van der Waals surface area contributed by atoms with Crippen molar-refractivity contribution in [3.8, 4) is 0 Å². The lowest BCUT2D eigenvalue weighted by Gasteiger charge is -2.26. The molecule has 0 N–H and O–H groups in total. The summed E-state index contributed by atoms with van der Waals surface area (Å²) in [6, 6.07) is 0. The lowest BCUT2D eigenvalue weighted by Crippen LogP contribution is -2.36. The Kier molecular flexibility index (Phi) is 4.88. The molecule has 3 nitrogen and oxygen atoms in total. The molecule has 1 aliphatic heterocycles. The molecule has 1 aliphatic rings. The van der Waals surface area contributed by atoms with Crippen molar-refractivity contribution in [1.82, 2.24) is 4.98 Å². The fraction of sp³-hybridized carbons (Fsp3) is 0.727. The maximum Gasteiger partial charge on any atom is 0.185 e. The van der Waals surface area contributed by atoms with E-state index in [9.17, 15) is 0 Å². The molecule has 0 aromatic carbocycles. The van der Waals surface area contributed by atoms with Crippen molar-refractivity contribution >= 4 is 28.1 Å². The van der Waals surface area contributed by atoms with Gasteiger partial charge in [-0.3, -0.25) is 0 Å². The maximum atomic E-state index is 5.65. The standard InChI is InChI=1S/C11H17ClN2OS/c12-4-2-1-3-10-9-16-11(13-10)14-5-7-15-8-6-14/h9H,1-8H2. The minimum absolute atomic E-state index is 0.750. The molecule has 5 heteroatoms. The van der Waals surface area contributed by atoms with E-state index in [4.69, 9.17) is 16.3 Å². The van der Waals surface area contributed by atoms with Gasteiger partial charge in [0.2, 0.25) is 0 Å². The van der Waals surface area contributed by atoms with Gasteiger partial charge in [-0.1, -0.05) is 0 Å². The Balaban J connectivity index is 1.85. The first-order chi connectivity index (χ1) is 7.90. The van der Waals surface area contributed by atoms with Gasteiger partial charge in [0, 0.05) is 24.3 Å². The number of alkyl halides is 1. The molecule has 90 valence electrons. The Morgan fingerprint density at radius 1 is 1.38 bits per heavy atom. The normalized spacial score (nSPS) is 16.7. The number of aromatic nitrogens is 1. The highest BCUT2D eigenvalue weighted by Gasteiger charge is 2.14. The van der Waals surface area contributed by atoms with Crippen LogP contribution in [0.1, 0.15) is 18.5 Å². The second kappa shape index (κ2) is 6.42. The quantitative estimate of drug-likeness (QED) is 0.601. The molecule has 16 heavy (non-hydrogen) atoms. The van der Waals surface area contributed by atoms with Crippen LogP contribution in [0.3, 0.4) is 0 Å². The van der Waals surface area contributed by atoms with Crippen molar-refractivity contribution in [2.45, 2.75) is 19.3 Å². The Hall–Kier alpha value is -0.320. The van der Waals surface area contributed by atoms with E-state index in [-0.39, 0.29) is 0 Å². The number of nitrogens with zero attached hydrogens (tertiary/aromatic N) is 2. The molecule has 0 spiro atoms. The second-order valence-corrected chi connectivity index (χ2v) is 5.08. The van der Waals surface area contributed by atoms with Gasteiger partial charge >= 0.3 is 0 Å². The van der Waals surface area contributed by atoms with Crippen LogP contribution in [0.2, 0.25) is 0 Å². The van der Waals surface area contributed by atoms with E-state index in [2.05, 4.69) is 15.3 Å². The highest BCUT2D eigenvalue weighted by atomic mass is 35.5. The number of ether oxygens (including phenoxy) is 1. The molecule has 1 fully saturated rings. The van der Waals surface area contributed by atoms with Crippen LogP contribution in [0.4, 0.5) is 5.13 Å². The van der Waals surface area contributed by atoms with Gasteiger partial charge in [-0.15, -0.1) is 22.9 Å². The van der Waals surface area contributed by atoms with Gasteiger partial charge in [0.1, 0.15) is 0 Å². The van der Waals surface area contributed by atoms with E-state index in [1.807, 2.05) is 0 Å². The molecular formula is C11H17ClN2OS. The number of rotatable bonds is 5. The van der Waals surface area contributed by atoms with Crippen LogP contribution in [0.15, 0.2) is 5.38 Å². The Bertz CT molecular complexity index is 313. The van der Waals surface area contributed by atoms with Gasteiger partial charge in [-0.05, 0) is 19.3 Å². The Labute approximate surface area is 105 Å². The minimum atomic E-state index is 0.750. The Morgan fingerprint density at radius 3 is 2.94 bits per heavy atom. The van der Waals surface area contributed by atoms with Crippen molar-refractivity contribution < 1.29 is 4.74 Å². The van der Waals surface area contributed by atoms with Crippen LogP contribution < -0.4 is 4.90 Å². The van der Waals surface area contributed by atoms with Crippen molar-refractivity contribution in [3.63, 3.8) is 0 Å². The number of hydrogen-bond acceptors (Lipinski definition) is 4. The van der Waals surface area contributed by atoms with Crippen LogP contribution in [0, 0.1) is 0 Å². The molecule has 0 bridgehead atoms. The summed E-state index contributed by atoms with van der Waals surface area (Å²) in [7, 11) is 0. The molecule has 2 rings (SSSR count). The van der Waals surface area contributed by atoms with E-state index in [0.29, 0.717) is 0 Å². The molecule has 0 saturated carbocycles. The summed E-state index contributed by atoms with van der Waals surface area (Å²) in [4.78, 5) is 6.96. The predicted molar refractivity (Wildman–Crippen MR) is 68.8 cm³/mol. The van der Waals surface area contributed by atoms with Gasteiger partial charge in [-0.25, -0.2) is 4.98 Å². The molecule has 1 aromatic heterocycles. The van der Waals surface area contributed by atoms with Gasteiger partial charge in [0.15, 0.2) is 5.13 Å². The predicted octanol–water partition coefficient (Wildman–Crippen LogP) is 2.54. The molecule has 1 aromatic rings. The van der Waals surface area contributed by atoms with Crippen LogP contribution in [-0.4, -0.2) is 37.2 Å². The number of hydrogen-bond donors (Lipinski definition) is 0.